The van der Waals surface area contributed by atoms with E-state index in [0.29, 0.717) is 16.9 Å². The van der Waals surface area contributed by atoms with Crippen LogP contribution in [0.15, 0.2) is 48.5 Å². The van der Waals surface area contributed by atoms with E-state index in [0.717, 1.165) is 22.5 Å². The first-order chi connectivity index (χ1) is 13.3. The Morgan fingerprint density at radius 3 is 2.36 bits per heavy atom. The molecule has 1 N–H and O–H groups in total. The van der Waals surface area contributed by atoms with Crippen molar-refractivity contribution in [3.8, 4) is 16.9 Å². The number of hydrogen-bond donors (Lipinski definition) is 1. The molecule has 6 heteroatoms. The Morgan fingerprint density at radius 1 is 1.04 bits per heavy atom. The summed E-state index contributed by atoms with van der Waals surface area (Å²) in [6.07, 6.45) is 0. The molecule has 0 fully saturated rings. The third-order valence-electron chi connectivity index (χ3n) is 4.68. The molecule has 0 saturated carbocycles. The first kappa shape index (κ1) is 17.9. The normalized spacial score (nSPS) is 11.1. The summed E-state index contributed by atoms with van der Waals surface area (Å²) in [5.74, 6) is -1.67. The molecule has 2 aromatic carbocycles. The molecule has 4 rings (SSSR count). The van der Waals surface area contributed by atoms with Crippen molar-refractivity contribution in [2.24, 2.45) is 0 Å². The Bertz CT molecular complexity index is 1230. The molecule has 0 radical (unpaired) electrons. The molecule has 5 nitrogen and oxygen atoms in total. The number of aryl methyl sites for hydroxylation is 3. The zero-order valence-corrected chi connectivity index (χ0v) is 15.7. The minimum atomic E-state index is -1.16. The molecule has 2 aromatic heterocycles. The summed E-state index contributed by atoms with van der Waals surface area (Å²) in [5.41, 5.74) is 4.59. The molecule has 28 heavy (non-hydrogen) atoms. The van der Waals surface area contributed by atoms with E-state index in [1.807, 2.05) is 51.1 Å². The Morgan fingerprint density at radius 2 is 1.75 bits per heavy atom. The lowest BCUT2D eigenvalue weighted by Gasteiger charge is -2.16. The highest BCUT2D eigenvalue weighted by atomic mass is 19.1. The number of carboxylic acids is 1. The van der Waals surface area contributed by atoms with Gasteiger partial charge in [-0.2, -0.15) is 5.10 Å². The van der Waals surface area contributed by atoms with Gasteiger partial charge < -0.3 is 5.11 Å². The summed E-state index contributed by atoms with van der Waals surface area (Å²) in [6.45, 7) is 5.66. The van der Waals surface area contributed by atoms with Crippen molar-refractivity contribution in [2.75, 3.05) is 0 Å². The van der Waals surface area contributed by atoms with Crippen LogP contribution in [0.5, 0.6) is 0 Å². The summed E-state index contributed by atoms with van der Waals surface area (Å²) < 4.78 is 15.5. The van der Waals surface area contributed by atoms with Crippen LogP contribution in [0.4, 0.5) is 4.39 Å². The van der Waals surface area contributed by atoms with Gasteiger partial charge in [-0.05, 0) is 45.0 Å². The molecule has 0 aliphatic heterocycles. The van der Waals surface area contributed by atoms with Crippen LogP contribution >= 0.6 is 0 Å². The predicted octanol–water partition coefficient (Wildman–Crippen LogP) is 4.85. The second-order valence-corrected chi connectivity index (χ2v) is 6.86. The van der Waals surface area contributed by atoms with Crippen LogP contribution in [0, 0.1) is 26.6 Å². The molecule has 0 aliphatic rings. The van der Waals surface area contributed by atoms with E-state index in [-0.39, 0.29) is 10.9 Å². The topological polar surface area (TPSA) is 68.0 Å². The van der Waals surface area contributed by atoms with E-state index < -0.39 is 11.8 Å². The van der Waals surface area contributed by atoms with E-state index in [2.05, 4.69) is 5.10 Å². The number of nitrogens with zero attached hydrogens (tertiary/aromatic N) is 3. The predicted molar refractivity (Wildman–Crippen MR) is 105 cm³/mol. The summed E-state index contributed by atoms with van der Waals surface area (Å²) in [7, 11) is 0. The number of aromatic carboxylic acids is 1. The number of benzene rings is 2. The molecular weight excluding hydrogens is 357 g/mol. The van der Waals surface area contributed by atoms with Crippen LogP contribution in [0.25, 0.3) is 27.8 Å². The van der Waals surface area contributed by atoms with Gasteiger partial charge in [0.25, 0.3) is 0 Å². The highest BCUT2D eigenvalue weighted by Gasteiger charge is 2.24. The van der Waals surface area contributed by atoms with Crippen molar-refractivity contribution in [1.82, 2.24) is 14.8 Å². The SMILES string of the molecule is Cc1ccc(-c2nc3ccc(F)cc3c(C(=O)O)c2-n2nc(C)cc2C)cc1. The van der Waals surface area contributed by atoms with Crippen molar-refractivity contribution in [2.45, 2.75) is 20.8 Å². The monoisotopic (exact) mass is 375 g/mol. The van der Waals surface area contributed by atoms with E-state index >= 15 is 0 Å². The zero-order valence-electron chi connectivity index (χ0n) is 15.7. The molecule has 2 heterocycles. The highest BCUT2D eigenvalue weighted by Crippen LogP contribution is 2.34. The van der Waals surface area contributed by atoms with Crippen LogP contribution in [-0.4, -0.2) is 25.8 Å². The fourth-order valence-corrected chi connectivity index (χ4v) is 3.42. The lowest BCUT2D eigenvalue weighted by molar-refractivity contribution is 0.0699. The van der Waals surface area contributed by atoms with Crippen molar-refractivity contribution >= 4 is 16.9 Å². The number of halogens is 1. The van der Waals surface area contributed by atoms with Gasteiger partial charge in [0.05, 0.1) is 22.5 Å². The van der Waals surface area contributed by atoms with Gasteiger partial charge in [-0.1, -0.05) is 29.8 Å². The van der Waals surface area contributed by atoms with Gasteiger partial charge in [-0.3, -0.25) is 0 Å². The maximum Gasteiger partial charge on any atom is 0.338 e. The quantitative estimate of drug-likeness (QED) is 0.556. The number of carboxylic acid groups (broad SMARTS) is 1. The number of rotatable bonds is 3. The fourth-order valence-electron chi connectivity index (χ4n) is 3.42. The van der Waals surface area contributed by atoms with Crippen molar-refractivity contribution in [3.05, 3.63) is 76.9 Å². The third kappa shape index (κ3) is 2.93. The molecule has 0 spiro atoms. The number of hydrogen-bond acceptors (Lipinski definition) is 3. The Hall–Kier alpha value is -3.54. The van der Waals surface area contributed by atoms with Gasteiger partial charge in [0, 0.05) is 16.6 Å². The fraction of sp³-hybridized carbons (Fsp3) is 0.136. The average Bonchev–Trinajstić information content (AvgIpc) is 2.98. The summed E-state index contributed by atoms with van der Waals surface area (Å²) in [6, 6.07) is 13.5. The van der Waals surface area contributed by atoms with E-state index in [4.69, 9.17) is 4.98 Å². The van der Waals surface area contributed by atoms with Crippen LogP contribution in [0.2, 0.25) is 0 Å². The molecule has 0 atom stereocenters. The van der Waals surface area contributed by atoms with E-state index in [9.17, 15) is 14.3 Å². The Balaban J connectivity index is 2.19. The summed E-state index contributed by atoms with van der Waals surface area (Å²) in [5, 5.41) is 14.8. The standard InChI is InChI=1S/C22H18FN3O2/c1-12-4-6-15(7-5-12)20-21(26-14(3)10-13(2)25-26)19(22(27)28)17-11-16(23)8-9-18(17)24-20/h4-11H,1-3H3,(H,27,28). The molecular formula is C22H18FN3O2. The van der Waals surface area contributed by atoms with Gasteiger partial charge in [0.15, 0.2) is 0 Å². The maximum atomic E-state index is 13.9. The molecule has 0 unspecified atom stereocenters. The van der Waals surface area contributed by atoms with Gasteiger partial charge >= 0.3 is 5.97 Å². The number of aromatic nitrogens is 3. The van der Waals surface area contributed by atoms with Crippen LogP contribution in [0.3, 0.4) is 0 Å². The van der Waals surface area contributed by atoms with Crippen LogP contribution < -0.4 is 0 Å². The first-order valence-electron chi connectivity index (χ1n) is 8.82. The van der Waals surface area contributed by atoms with Gasteiger partial charge in [0.2, 0.25) is 0 Å². The highest BCUT2D eigenvalue weighted by molar-refractivity contribution is 6.08. The van der Waals surface area contributed by atoms with E-state index in [1.54, 1.807) is 4.68 Å². The second-order valence-electron chi connectivity index (χ2n) is 6.86. The number of pyridine rings is 1. The molecule has 0 aliphatic carbocycles. The van der Waals surface area contributed by atoms with Crippen LogP contribution in [-0.2, 0) is 0 Å². The lowest BCUT2D eigenvalue weighted by Crippen LogP contribution is -2.12. The molecule has 140 valence electrons. The molecule has 4 aromatic rings. The van der Waals surface area contributed by atoms with Gasteiger partial charge in [-0.25, -0.2) is 18.9 Å². The summed E-state index contributed by atoms with van der Waals surface area (Å²) >= 11 is 0. The minimum Gasteiger partial charge on any atom is -0.478 e. The van der Waals surface area contributed by atoms with Crippen LogP contribution in [0.1, 0.15) is 27.3 Å². The van der Waals surface area contributed by atoms with Crippen molar-refractivity contribution < 1.29 is 14.3 Å². The van der Waals surface area contributed by atoms with Crippen molar-refractivity contribution in [1.29, 1.82) is 0 Å². The Kier molecular flexibility index (Phi) is 4.19. The van der Waals surface area contributed by atoms with Crippen molar-refractivity contribution in [3.63, 3.8) is 0 Å². The van der Waals surface area contributed by atoms with E-state index in [1.165, 1.54) is 18.2 Å². The largest absolute Gasteiger partial charge is 0.478 e. The first-order valence-corrected chi connectivity index (χ1v) is 8.82. The molecule has 0 saturated heterocycles. The maximum absolute atomic E-state index is 13.9. The zero-order chi connectivity index (χ0) is 20.0. The number of carbonyl (C=O) groups is 1. The van der Waals surface area contributed by atoms with Gasteiger partial charge in [-0.15, -0.1) is 0 Å². The third-order valence-corrected chi connectivity index (χ3v) is 4.68. The van der Waals surface area contributed by atoms with Gasteiger partial charge in [0.1, 0.15) is 11.5 Å². The average molecular weight is 375 g/mol. The second kappa shape index (κ2) is 6.56. The summed E-state index contributed by atoms with van der Waals surface area (Å²) in [4.78, 5) is 17.0. The molecule has 0 bridgehead atoms. The smallest absolute Gasteiger partial charge is 0.338 e. The molecule has 0 amide bonds. The lowest BCUT2D eigenvalue weighted by atomic mass is 10.00. The number of fused-ring (bicyclic) bond motifs is 1. The Labute approximate surface area is 161 Å². The minimum absolute atomic E-state index is 0.0220.